The highest BCUT2D eigenvalue weighted by Gasteiger charge is 2.10. The van der Waals surface area contributed by atoms with E-state index in [9.17, 15) is 8.78 Å². The van der Waals surface area contributed by atoms with Gasteiger partial charge in [0.15, 0.2) is 11.5 Å². The first-order chi connectivity index (χ1) is 8.08. The zero-order valence-corrected chi connectivity index (χ0v) is 9.10. The molecule has 0 unspecified atom stereocenters. The Morgan fingerprint density at radius 3 is 2.94 bits per heavy atom. The third-order valence-corrected chi connectivity index (χ3v) is 2.14. The minimum atomic E-state index is -2.51. The van der Waals surface area contributed by atoms with Gasteiger partial charge >= 0.3 is 0 Å². The van der Waals surface area contributed by atoms with Gasteiger partial charge < -0.3 is 10.5 Å². The van der Waals surface area contributed by atoms with Crippen molar-refractivity contribution in [3.05, 3.63) is 12.0 Å². The quantitative estimate of drug-likeness (QED) is 0.856. The van der Waals surface area contributed by atoms with E-state index in [0.29, 0.717) is 11.0 Å². The maximum atomic E-state index is 11.9. The molecule has 0 aliphatic rings. The molecule has 0 spiro atoms. The van der Waals surface area contributed by atoms with Gasteiger partial charge in [0.1, 0.15) is 19.0 Å². The summed E-state index contributed by atoms with van der Waals surface area (Å²) >= 11 is 0. The van der Waals surface area contributed by atoms with Crippen molar-refractivity contribution in [1.82, 2.24) is 19.7 Å². The summed E-state index contributed by atoms with van der Waals surface area (Å²) in [6, 6.07) is 0. The number of aryl methyl sites for hydroxylation is 1. The van der Waals surface area contributed by atoms with Gasteiger partial charge in [-0.3, -0.25) is 4.68 Å². The fraction of sp³-hybridized carbons (Fsp3) is 0.444. The van der Waals surface area contributed by atoms with Crippen LogP contribution in [0.15, 0.2) is 6.20 Å². The topological polar surface area (TPSA) is 78.9 Å². The largest absolute Gasteiger partial charge is 0.383 e. The molecule has 0 aliphatic heterocycles. The van der Waals surface area contributed by atoms with Crippen LogP contribution in [0.4, 0.5) is 14.6 Å². The van der Waals surface area contributed by atoms with E-state index in [1.165, 1.54) is 4.68 Å². The molecule has 0 saturated heterocycles. The molecular weight excluding hydrogens is 232 g/mol. The molecule has 0 aliphatic carbocycles. The number of rotatable bonds is 4. The summed E-state index contributed by atoms with van der Waals surface area (Å²) in [7, 11) is 1.71. The molecule has 0 bridgehead atoms. The van der Waals surface area contributed by atoms with Gasteiger partial charge in [-0.1, -0.05) is 0 Å². The molecule has 2 rings (SSSR count). The van der Waals surface area contributed by atoms with Gasteiger partial charge in [-0.25, -0.2) is 18.7 Å². The average molecular weight is 243 g/mol. The molecule has 0 saturated carbocycles. The molecule has 2 N–H and O–H groups in total. The van der Waals surface area contributed by atoms with E-state index in [1.54, 1.807) is 13.2 Å². The van der Waals surface area contributed by atoms with E-state index in [1.807, 2.05) is 0 Å². The fourth-order valence-corrected chi connectivity index (χ4v) is 1.39. The molecule has 0 aromatic carbocycles. The summed E-state index contributed by atoms with van der Waals surface area (Å²) < 4.78 is 30.0. The summed E-state index contributed by atoms with van der Waals surface area (Å²) in [6.45, 7) is -0.748. The lowest BCUT2D eigenvalue weighted by Gasteiger charge is -2.04. The van der Waals surface area contributed by atoms with Crippen LogP contribution in [0.2, 0.25) is 0 Å². The standard InChI is InChI=1S/C9H11F2N5O/c1-16-9-5(2-13-16)8(12)14-7(15-9)4-17-3-6(10)11/h2,6H,3-4H2,1H3,(H2,12,14,15). The van der Waals surface area contributed by atoms with Gasteiger partial charge in [0.25, 0.3) is 6.43 Å². The number of nitrogens with zero attached hydrogens (tertiary/aromatic N) is 4. The highest BCUT2D eigenvalue weighted by atomic mass is 19.3. The van der Waals surface area contributed by atoms with Gasteiger partial charge in [-0.2, -0.15) is 5.10 Å². The third-order valence-electron chi connectivity index (χ3n) is 2.14. The molecule has 2 heterocycles. The average Bonchev–Trinajstić information content (AvgIpc) is 2.61. The van der Waals surface area contributed by atoms with Crippen LogP contribution in [0.25, 0.3) is 11.0 Å². The normalized spacial score (nSPS) is 11.5. The maximum absolute atomic E-state index is 11.9. The molecule has 17 heavy (non-hydrogen) atoms. The Morgan fingerprint density at radius 1 is 1.47 bits per heavy atom. The summed E-state index contributed by atoms with van der Waals surface area (Å²) in [6.07, 6.45) is -0.957. The predicted molar refractivity (Wildman–Crippen MR) is 56.4 cm³/mol. The number of nitrogens with two attached hydrogens (primary N) is 1. The van der Waals surface area contributed by atoms with Crippen LogP contribution in [-0.2, 0) is 18.4 Å². The SMILES string of the molecule is Cn1ncc2c(N)nc(COCC(F)F)nc21. The summed E-state index contributed by atoms with van der Waals surface area (Å²) in [4.78, 5) is 8.09. The lowest BCUT2D eigenvalue weighted by molar-refractivity contribution is 0.00779. The van der Waals surface area contributed by atoms with Crippen LogP contribution in [0.5, 0.6) is 0 Å². The second kappa shape index (κ2) is 4.58. The fourth-order valence-electron chi connectivity index (χ4n) is 1.39. The van der Waals surface area contributed by atoms with Crippen molar-refractivity contribution in [3.63, 3.8) is 0 Å². The van der Waals surface area contributed by atoms with Crippen molar-refractivity contribution < 1.29 is 13.5 Å². The first-order valence-electron chi connectivity index (χ1n) is 4.88. The Balaban J connectivity index is 2.20. The lowest BCUT2D eigenvalue weighted by atomic mass is 10.4. The number of halogens is 2. The van der Waals surface area contributed by atoms with Crippen LogP contribution in [0.3, 0.4) is 0 Å². The first-order valence-corrected chi connectivity index (χ1v) is 4.88. The number of ether oxygens (including phenoxy) is 1. The molecule has 92 valence electrons. The van der Waals surface area contributed by atoms with Gasteiger partial charge in [-0.05, 0) is 0 Å². The highest BCUT2D eigenvalue weighted by molar-refractivity contribution is 5.84. The van der Waals surface area contributed by atoms with Crippen molar-refractivity contribution >= 4 is 16.9 Å². The van der Waals surface area contributed by atoms with Gasteiger partial charge in [0.05, 0.1) is 11.6 Å². The van der Waals surface area contributed by atoms with Crippen LogP contribution in [0, 0.1) is 0 Å². The van der Waals surface area contributed by atoms with E-state index in [2.05, 4.69) is 15.1 Å². The molecule has 0 atom stereocenters. The summed E-state index contributed by atoms with van der Waals surface area (Å²) in [5.74, 6) is 0.526. The second-order valence-corrected chi connectivity index (χ2v) is 3.44. The minimum Gasteiger partial charge on any atom is -0.383 e. The summed E-state index contributed by atoms with van der Waals surface area (Å²) in [5, 5.41) is 4.61. The molecule has 6 nitrogen and oxygen atoms in total. The Labute approximate surface area is 95.4 Å². The minimum absolute atomic E-state index is 0.102. The van der Waals surface area contributed by atoms with Crippen molar-refractivity contribution in [2.45, 2.75) is 13.0 Å². The zero-order valence-electron chi connectivity index (χ0n) is 9.10. The van der Waals surface area contributed by atoms with E-state index in [4.69, 9.17) is 10.5 Å². The maximum Gasteiger partial charge on any atom is 0.261 e. The molecule has 0 amide bonds. The van der Waals surface area contributed by atoms with Crippen molar-refractivity contribution in [1.29, 1.82) is 0 Å². The van der Waals surface area contributed by atoms with Crippen LogP contribution >= 0.6 is 0 Å². The zero-order chi connectivity index (χ0) is 12.4. The van der Waals surface area contributed by atoms with E-state index in [0.717, 1.165) is 0 Å². The first kappa shape index (κ1) is 11.6. The van der Waals surface area contributed by atoms with E-state index in [-0.39, 0.29) is 18.2 Å². The predicted octanol–water partition coefficient (Wildman–Crippen LogP) is 0.727. The summed E-state index contributed by atoms with van der Waals surface area (Å²) in [5.41, 5.74) is 6.24. The van der Waals surface area contributed by atoms with Crippen LogP contribution in [-0.4, -0.2) is 32.8 Å². The Kier molecular flexibility index (Phi) is 3.14. The van der Waals surface area contributed by atoms with Gasteiger partial charge in [0, 0.05) is 7.05 Å². The van der Waals surface area contributed by atoms with E-state index >= 15 is 0 Å². The Bertz CT molecular complexity index is 527. The molecular formula is C9H11F2N5O. The third kappa shape index (κ3) is 2.47. The van der Waals surface area contributed by atoms with Crippen LogP contribution < -0.4 is 5.73 Å². The Hall–Kier alpha value is -1.83. The highest BCUT2D eigenvalue weighted by Crippen LogP contribution is 2.16. The van der Waals surface area contributed by atoms with Gasteiger partial charge in [-0.15, -0.1) is 0 Å². The second-order valence-electron chi connectivity index (χ2n) is 3.44. The number of aromatic nitrogens is 4. The van der Waals surface area contributed by atoms with E-state index < -0.39 is 13.0 Å². The lowest BCUT2D eigenvalue weighted by Crippen LogP contribution is -2.08. The number of alkyl halides is 2. The van der Waals surface area contributed by atoms with Crippen molar-refractivity contribution in [3.8, 4) is 0 Å². The van der Waals surface area contributed by atoms with Gasteiger partial charge in [0.2, 0.25) is 0 Å². The van der Waals surface area contributed by atoms with Crippen LogP contribution in [0.1, 0.15) is 5.82 Å². The molecule has 2 aromatic heterocycles. The van der Waals surface area contributed by atoms with Crippen molar-refractivity contribution in [2.24, 2.45) is 7.05 Å². The molecule has 8 heteroatoms. The number of nitrogen functional groups attached to an aromatic ring is 1. The molecule has 0 radical (unpaired) electrons. The smallest absolute Gasteiger partial charge is 0.261 e. The Morgan fingerprint density at radius 2 is 2.24 bits per heavy atom. The number of hydrogen-bond donors (Lipinski definition) is 1. The van der Waals surface area contributed by atoms with Crippen molar-refractivity contribution in [2.75, 3.05) is 12.3 Å². The number of anilines is 1. The molecule has 2 aromatic rings. The number of hydrogen-bond acceptors (Lipinski definition) is 5. The molecule has 0 fully saturated rings. The number of fused-ring (bicyclic) bond motifs is 1. The monoisotopic (exact) mass is 243 g/mol.